The summed E-state index contributed by atoms with van der Waals surface area (Å²) in [4.78, 5) is 11.7. The molecule has 1 aromatic rings. The van der Waals surface area contributed by atoms with Crippen LogP contribution in [-0.4, -0.2) is 18.5 Å². The molecule has 0 saturated heterocycles. The fourth-order valence-corrected chi connectivity index (χ4v) is 1.60. The van der Waals surface area contributed by atoms with Crippen LogP contribution in [0, 0.1) is 12.3 Å². The minimum atomic E-state index is -0.0900. The van der Waals surface area contributed by atoms with E-state index in [9.17, 15) is 4.79 Å². The number of nitrogens with one attached hydrogen (secondary N) is 2. The summed E-state index contributed by atoms with van der Waals surface area (Å²) >= 11 is 5.76. The molecule has 4 heteroatoms. The number of terminal acetylenes is 1. The number of halogens is 1. The van der Waals surface area contributed by atoms with E-state index in [-0.39, 0.29) is 18.5 Å². The van der Waals surface area contributed by atoms with Crippen LogP contribution in [0.15, 0.2) is 24.3 Å². The van der Waals surface area contributed by atoms with Gasteiger partial charge in [0.2, 0.25) is 5.91 Å². The highest BCUT2D eigenvalue weighted by atomic mass is 35.5. The normalized spacial score (nSPS) is 11.6. The van der Waals surface area contributed by atoms with Gasteiger partial charge in [-0.2, -0.15) is 0 Å². The fourth-order valence-electron chi connectivity index (χ4n) is 1.48. The van der Waals surface area contributed by atoms with E-state index < -0.39 is 0 Å². The van der Waals surface area contributed by atoms with Crippen LogP contribution in [0.1, 0.15) is 19.8 Å². The second kappa shape index (κ2) is 7.75. The third kappa shape index (κ3) is 5.22. The van der Waals surface area contributed by atoms with Gasteiger partial charge < -0.3 is 10.6 Å². The van der Waals surface area contributed by atoms with E-state index >= 15 is 0 Å². The van der Waals surface area contributed by atoms with Gasteiger partial charge in [0, 0.05) is 23.2 Å². The molecule has 1 unspecified atom stereocenters. The maximum atomic E-state index is 11.7. The van der Waals surface area contributed by atoms with Crippen molar-refractivity contribution in [2.24, 2.45) is 0 Å². The Kier molecular flexibility index (Phi) is 6.27. The second-order valence-electron chi connectivity index (χ2n) is 3.95. The summed E-state index contributed by atoms with van der Waals surface area (Å²) in [7, 11) is 0. The standard InChI is InChI=1S/C14H17ClN2O/c1-3-5-12(4-2)16-10-14(18)17-13-8-6-11(15)7-9-13/h1,6-9,12,16H,4-5,10H2,2H3,(H,17,18). The van der Waals surface area contributed by atoms with Crippen LogP contribution in [0.4, 0.5) is 5.69 Å². The molecular formula is C14H17ClN2O. The molecule has 1 amide bonds. The average Bonchev–Trinajstić information content (AvgIpc) is 2.37. The lowest BCUT2D eigenvalue weighted by Crippen LogP contribution is -2.35. The average molecular weight is 265 g/mol. The SMILES string of the molecule is C#CCC(CC)NCC(=O)Nc1ccc(Cl)cc1. The number of anilines is 1. The molecule has 0 radical (unpaired) electrons. The van der Waals surface area contributed by atoms with Gasteiger partial charge in [-0.25, -0.2) is 0 Å². The molecular weight excluding hydrogens is 248 g/mol. The third-order valence-electron chi connectivity index (χ3n) is 2.54. The maximum absolute atomic E-state index is 11.7. The smallest absolute Gasteiger partial charge is 0.238 e. The van der Waals surface area contributed by atoms with E-state index in [4.69, 9.17) is 18.0 Å². The van der Waals surface area contributed by atoms with Crippen LogP contribution >= 0.6 is 11.6 Å². The lowest BCUT2D eigenvalue weighted by atomic mass is 10.1. The molecule has 0 bridgehead atoms. The number of benzene rings is 1. The number of rotatable bonds is 6. The third-order valence-corrected chi connectivity index (χ3v) is 2.79. The molecule has 3 nitrogen and oxygen atoms in total. The Morgan fingerprint density at radius 1 is 1.44 bits per heavy atom. The van der Waals surface area contributed by atoms with Gasteiger partial charge in [-0.05, 0) is 30.7 Å². The van der Waals surface area contributed by atoms with Crippen molar-refractivity contribution in [2.45, 2.75) is 25.8 Å². The first-order chi connectivity index (χ1) is 8.65. The van der Waals surface area contributed by atoms with Gasteiger partial charge in [0.1, 0.15) is 0 Å². The molecule has 1 aromatic carbocycles. The van der Waals surface area contributed by atoms with Crippen molar-refractivity contribution < 1.29 is 4.79 Å². The molecule has 0 aromatic heterocycles. The first-order valence-corrected chi connectivity index (χ1v) is 6.25. The van der Waals surface area contributed by atoms with E-state index in [1.807, 2.05) is 6.92 Å². The van der Waals surface area contributed by atoms with E-state index in [2.05, 4.69) is 16.6 Å². The van der Waals surface area contributed by atoms with Crippen LogP contribution in [-0.2, 0) is 4.79 Å². The maximum Gasteiger partial charge on any atom is 0.238 e. The molecule has 1 atom stereocenters. The fraction of sp³-hybridized carbons (Fsp3) is 0.357. The van der Waals surface area contributed by atoms with Crippen molar-refractivity contribution in [3.05, 3.63) is 29.3 Å². The Labute approximate surface area is 113 Å². The van der Waals surface area contributed by atoms with Crippen molar-refractivity contribution in [1.82, 2.24) is 5.32 Å². The zero-order valence-corrected chi connectivity index (χ0v) is 11.1. The first-order valence-electron chi connectivity index (χ1n) is 5.88. The zero-order valence-electron chi connectivity index (χ0n) is 10.4. The molecule has 0 aliphatic carbocycles. The van der Waals surface area contributed by atoms with Gasteiger partial charge in [0.25, 0.3) is 0 Å². The molecule has 0 heterocycles. The molecule has 2 N–H and O–H groups in total. The van der Waals surface area contributed by atoms with Crippen molar-refractivity contribution in [1.29, 1.82) is 0 Å². The van der Waals surface area contributed by atoms with E-state index in [0.29, 0.717) is 11.4 Å². The van der Waals surface area contributed by atoms with Crippen LogP contribution in [0.5, 0.6) is 0 Å². The summed E-state index contributed by atoms with van der Waals surface area (Å²) in [5, 5.41) is 6.54. The predicted octanol–water partition coefficient (Wildman–Crippen LogP) is 2.67. The number of carbonyl (C=O) groups is 1. The lowest BCUT2D eigenvalue weighted by molar-refractivity contribution is -0.115. The summed E-state index contributed by atoms with van der Waals surface area (Å²) in [6.07, 6.45) is 6.78. The quantitative estimate of drug-likeness (QED) is 0.776. The predicted molar refractivity (Wildman–Crippen MR) is 75.6 cm³/mol. The summed E-state index contributed by atoms with van der Waals surface area (Å²) in [5.74, 6) is 2.50. The summed E-state index contributed by atoms with van der Waals surface area (Å²) in [6.45, 7) is 2.29. The first kappa shape index (κ1) is 14.6. The molecule has 0 aliphatic heterocycles. The minimum Gasteiger partial charge on any atom is -0.325 e. The summed E-state index contributed by atoms with van der Waals surface area (Å²) < 4.78 is 0. The topological polar surface area (TPSA) is 41.1 Å². The Hall–Kier alpha value is -1.50. The Bertz CT molecular complexity index is 422. The van der Waals surface area contributed by atoms with Crippen LogP contribution in [0.3, 0.4) is 0 Å². The molecule has 0 fully saturated rings. The highest BCUT2D eigenvalue weighted by molar-refractivity contribution is 6.30. The van der Waals surface area contributed by atoms with Crippen molar-refractivity contribution in [3.63, 3.8) is 0 Å². The summed E-state index contributed by atoms with van der Waals surface area (Å²) in [6, 6.07) is 7.18. The number of hydrogen-bond donors (Lipinski definition) is 2. The molecule has 0 aliphatic rings. The molecule has 96 valence electrons. The zero-order chi connectivity index (χ0) is 13.4. The van der Waals surface area contributed by atoms with Crippen molar-refractivity contribution in [3.8, 4) is 12.3 Å². The summed E-state index contributed by atoms with van der Waals surface area (Å²) in [5.41, 5.74) is 0.733. The number of carbonyl (C=O) groups excluding carboxylic acids is 1. The van der Waals surface area contributed by atoms with Gasteiger partial charge >= 0.3 is 0 Å². The van der Waals surface area contributed by atoms with E-state index in [1.165, 1.54) is 0 Å². The highest BCUT2D eigenvalue weighted by Crippen LogP contribution is 2.13. The van der Waals surface area contributed by atoms with E-state index in [1.54, 1.807) is 24.3 Å². The van der Waals surface area contributed by atoms with Crippen LogP contribution < -0.4 is 10.6 Å². The molecule has 0 spiro atoms. The molecule has 1 rings (SSSR count). The van der Waals surface area contributed by atoms with Gasteiger partial charge in [0.05, 0.1) is 6.54 Å². The van der Waals surface area contributed by atoms with Crippen molar-refractivity contribution in [2.75, 3.05) is 11.9 Å². The number of hydrogen-bond acceptors (Lipinski definition) is 2. The second-order valence-corrected chi connectivity index (χ2v) is 4.39. The Morgan fingerprint density at radius 2 is 2.11 bits per heavy atom. The van der Waals surface area contributed by atoms with Gasteiger partial charge in [-0.15, -0.1) is 12.3 Å². The molecule has 18 heavy (non-hydrogen) atoms. The molecule has 0 saturated carbocycles. The van der Waals surface area contributed by atoms with Crippen LogP contribution in [0.25, 0.3) is 0 Å². The van der Waals surface area contributed by atoms with Crippen LogP contribution in [0.2, 0.25) is 5.02 Å². The van der Waals surface area contributed by atoms with E-state index in [0.717, 1.165) is 12.1 Å². The van der Waals surface area contributed by atoms with Crippen molar-refractivity contribution >= 4 is 23.2 Å². The largest absolute Gasteiger partial charge is 0.325 e. The van der Waals surface area contributed by atoms with Gasteiger partial charge in [-0.3, -0.25) is 4.79 Å². The minimum absolute atomic E-state index is 0.0900. The number of amides is 1. The Balaban J connectivity index is 2.38. The highest BCUT2D eigenvalue weighted by Gasteiger charge is 2.07. The monoisotopic (exact) mass is 264 g/mol. The lowest BCUT2D eigenvalue weighted by Gasteiger charge is -2.13. The van der Waals surface area contributed by atoms with Gasteiger partial charge in [-0.1, -0.05) is 18.5 Å². The Morgan fingerprint density at radius 3 is 2.67 bits per heavy atom. The van der Waals surface area contributed by atoms with Gasteiger partial charge in [0.15, 0.2) is 0 Å².